The van der Waals surface area contributed by atoms with E-state index in [0.29, 0.717) is 11.3 Å². The maximum absolute atomic E-state index is 13.0. The monoisotopic (exact) mass is 498 g/mol. The quantitative estimate of drug-likeness (QED) is 0.392. The van der Waals surface area contributed by atoms with Gasteiger partial charge in [-0.3, -0.25) is 18.5 Å². The molecule has 2 aromatic carbocycles. The minimum atomic E-state index is -0.505. The number of benzene rings is 2. The normalized spacial score (nSPS) is 11.0. The van der Waals surface area contributed by atoms with Gasteiger partial charge < -0.3 is 9.47 Å². The van der Waals surface area contributed by atoms with Crippen molar-refractivity contribution in [3.63, 3.8) is 0 Å². The number of aryl methyl sites for hydroxylation is 1. The average molecular weight is 499 g/mol. The number of carbonyl (C=O) groups is 1. The van der Waals surface area contributed by atoms with Gasteiger partial charge in [0.2, 0.25) is 0 Å². The maximum atomic E-state index is 13.0. The molecule has 10 heteroatoms. The number of imidazole rings is 1. The van der Waals surface area contributed by atoms with Crippen LogP contribution < -0.4 is 16.0 Å². The van der Waals surface area contributed by atoms with Crippen LogP contribution in [0.25, 0.3) is 11.2 Å². The lowest BCUT2D eigenvalue weighted by Gasteiger charge is -2.11. The molecule has 2 aromatic heterocycles. The maximum Gasteiger partial charge on any atom is 0.337 e. The summed E-state index contributed by atoms with van der Waals surface area (Å²) in [4.78, 5) is 41.7. The zero-order valence-electron chi connectivity index (χ0n) is 17.5. The molecule has 0 saturated heterocycles. The van der Waals surface area contributed by atoms with Crippen LogP contribution >= 0.6 is 15.9 Å². The molecule has 0 radical (unpaired) electrons. The van der Waals surface area contributed by atoms with Gasteiger partial charge in [0.1, 0.15) is 5.75 Å². The Kier molecular flexibility index (Phi) is 5.70. The van der Waals surface area contributed by atoms with Gasteiger partial charge in [0.05, 0.1) is 19.2 Å². The van der Waals surface area contributed by atoms with Crippen LogP contribution in [-0.2, 0) is 25.4 Å². The van der Waals surface area contributed by atoms with Gasteiger partial charge in [-0.1, -0.05) is 34.1 Å². The summed E-state index contributed by atoms with van der Waals surface area (Å²) in [5, 5.41) is 0. The molecular formula is C22H19BrN4O5. The number of rotatable bonds is 5. The van der Waals surface area contributed by atoms with Crippen LogP contribution in [0.15, 0.2) is 62.6 Å². The van der Waals surface area contributed by atoms with Crippen molar-refractivity contribution in [2.45, 2.75) is 6.54 Å². The summed E-state index contributed by atoms with van der Waals surface area (Å²) in [6, 6.07) is 14.1. The smallest absolute Gasteiger partial charge is 0.337 e. The van der Waals surface area contributed by atoms with Crippen LogP contribution in [0.1, 0.15) is 15.9 Å². The van der Waals surface area contributed by atoms with Gasteiger partial charge in [-0.05, 0) is 35.9 Å². The molecule has 0 saturated carbocycles. The van der Waals surface area contributed by atoms with Crippen LogP contribution in [-0.4, -0.2) is 31.8 Å². The molecule has 0 aliphatic heterocycles. The van der Waals surface area contributed by atoms with Crippen molar-refractivity contribution < 1.29 is 14.3 Å². The molecule has 32 heavy (non-hydrogen) atoms. The SMILES string of the molecule is COC(=O)c1cccc(Oc2nc3c(c(=O)n(C)c(=O)n3C)n2Cc2ccc(Br)cc2)c1. The number of esters is 1. The molecule has 0 atom stereocenters. The Morgan fingerprint density at radius 1 is 1.06 bits per heavy atom. The van der Waals surface area contributed by atoms with Gasteiger partial charge in [-0.25, -0.2) is 9.59 Å². The summed E-state index contributed by atoms with van der Waals surface area (Å²) in [6.07, 6.45) is 0. The molecule has 0 fully saturated rings. The number of hydrogen-bond acceptors (Lipinski definition) is 6. The van der Waals surface area contributed by atoms with Crippen molar-refractivity contribution in [3.8, 4) is 11.8 Å². The zero-order chi connectivity index (χ0) is 23.0. The van der Waals surface area contributed by atoms with Crippen molar-refractivity contribution in [2.75, 3.05) is 7.11 Å². The number of halogens is 1. The molecule has 0 spiro atoms. The summed E-state index contributed by atoms with van der Waals surface area (Å²) < 4.78 is 15.6. The fourth-order valence-corrected chi connectivity index (χ4v) is 3.60. The van der Waals surface area contributed by atoms with Crippen molar-refractivity contribution in [2.24, 2.45) is 14.1 Å². The van der Waals surface area contributed by atoms with E-state index >= 15 is 0 Å². The zero-order valence-corrected chi connectivity index (χ0v) is 19.1. The lowest BCUT2D eigenvalue weighted by Crippen LogP contribution is -2.37. The molecule has 0 bridgehead atoms. The molecule has 0 N–H and O–H groups in total. The van der Waals surface area contributed by atoms with Crippen LogP contribution in [0.4, 0.5) is 0 Å². The van der Waals surface area contributed by atoms with E-state index in [1.54, 1.807) is 29.8 Å². The van der Waals surface area contributed by atoms with E-state index in [0.717, 1.165) is 14.6 Å². The third kappa shape index (κ3) is 3.84. The van der Waals surface area contributed by atoms with Gasteiger partial charge in [0.15, 0.2) is 11.2 Å². The van der Waals surface area contributed by atoms with E-state index in [1.165, 1.54) is 24.8 Å². The Bertz CT molecular complexity index is 1450. The summed E-state index contributed by atoms with van der Waals surface area (Å²) in [5.74, 6) is -0.169. The molecule has 9 nitrogen and oxygen atoms in total. The van der Waals surface area contributed by atoms with E-state index in [4.69, 9.17) is 9.47 Å². The number of methoxy groups -OCH3 is 1. The molecule has 4 aromatic rings. The van der Waals surface area contributed by atoms with Gasteiger partial charge in [0, 0.05) is 18.6 Å². The molecule has 4 rings (SSSR count). The summed E-state index contributed by atoms with van der Waals surface area (Å²) >= 11 is 3.41. The minimum absolute atomic E-state index is 0.114. The van der Waals surface area contributed by atoms with Crippen LogP contribution in [0.3, 0.4) is 0 Å². The molecule has 0 unspecified atom stereocenters. The standard InChI is InChI=1S/C22H19BrN4O5/c1-25-18-17(19(28)26(2)22(25)30)27(12-13-7-9-15(23)10-8-13)21(24-18)32-16-6-4-5-14(11-16)20(29)31-3/h4-11H,12H2,1-3H3. The van der Waals surface area contributed by atoms with E-state index in [1.807, 2.05) is 24.3 Å². The minimum Gasteiger partial charge on any atom is -0.465 e. The molecule has 0 aliphatic carbocycles. The van der Waals surface area contributed by atoms with Crippen molar-refractivity contribution in [3.05, 3.63) is 85.0 Å². The van der Waals surface area contributed by atoms with E-state index in [2.05, 4.69) is 20.9 Å². The lowest BCUT2D eigenvalue weighted by atomic mass is 10.2. The predicted octanol–water partition coefficient (Wildman–Crippen LogP) is 2.82. The number of fused-ring (bicyclic) bond motifs is 1. The first kappa shape index (κ1) is 21.6. The van der Waals surface area contributed by atoms with E-state index < -0.39 is 17.2 Å². The van der Waals surface area contributed by atoms with Gasteiger partial charge in [-0.15, -0.1) is 0 Å². The summed E-state index contributed by atoms with van der Waals surface area (Å²) in [5.41, 5.74) is 0.673. The molecule has 0 amide bonds. The molecule has 164 valence electrons. The van der Waals surface area contributed by atoms with Crippen molar-refractivity contribution >= 4 is 33.1 Å². The second-order valence-corrected chi connectivity index (χ2v) is 8.02. The van der Waals surface area contributed by atoms with E-state index in [-0.39, 0.29) is 23.7 Å². The second-order valence-electron chi connectivity index (χ2n) is 7.11. The molecule has 2 heterocycles. The van der Waals surface area contributed by atoms with Crippen LogP contribution in [0, 0.1) is 0 Å². The van der Waals surface area contributed by atoms with Crippen molar-refractivity contribution in [1.82, 2.24) is 18.7 Å². The number of carbonyl (C=O) groups excluding carboxylic acids is 1. The third-order valence-electron chi connectivity index (χ3n) is 5.03. The number of hydrogen-bond donors (Lipinski definition) is 0. The largest absolute Gasteiger partial charge is 0.465 e. The Balaban J connectivity index is 1.89. The fraction of sp³-hybridized carbons (Fsp3) is 0.182. The summed E-state index contributed by atoms with van der Waals surface area (Å²) in [7, 11) is 4.26. The average Bonchev–Trinajstić information content (AvgIpc) is 3.15. The third-order valence-corrected chi connectivity index (χ3v) is 5.56. The molecule has 0 aliphatic rings. The fourth-order valence-electron chi connectivity index (χ4n) is 3.33. The highest BCUT2D eigenvalue weighted by molar-refractivity contribution is 9.10. The first-order valence-electron chi connectivity index (χ1n) is 9.57. The Hall–Kier alpha value is -3.66. The first-order valence-corrected chi connectivity index (χ1v) is 10.4. The number of ether oxygens (including phenoxy) is 2. The van der Waals surface area contributed by atoms with Gasteiger partial charge in [-0.2, -0.15) is 4.98 Å². The van der Waals surface area contributed by atoms with Gasteiger partial charge >= 0.3 is 17.7 Å². The molecular weight excluding hydrogens is 480 g/mol. The van der Waals surface area contributed by atoms with Crippen molar-refractivity contribution in [1.29, 1.82) is 0 Å². The number of aromatic nitrogens is 4. The van der Waals surface area contributed by atoms with Gasteiger partial charge in [0.25, 0.3) is 5.56 Å². The topological polar surface area (TPSA) is 97.4 Å². The summed E-state index contributed by atoms with van der Waals surface area (Å²) in [6.45, 7) is 0.281. The Morgan fingerprint density at radius 2 is 1.78 bits per heavy atom. The first-order chi connectivity index (χ1) is 15.3. The lowest BCUT2D eigenvalue weighted by molar-refractivity contribution is 0.0600. The van der Waals surface area contributed by atoms with Crippen LogP contribution in [0.5, 0.6) is 11.8 Å². The number of nitrogens with zero attached hydrogens (tertiary/aromatic N) is 4. The predicted molar refractivity (Wildman–Crippen MR) is 121 cm³/mol. The highest BCUT2D eigenvalue weighted by Gasteiger charge is 2.21. The Morgan fingerprint density at radius 3 is 2.47 bits per heavy atom. The van der Waals surface area contributed by atoms with Crippen LogP contribution in [0.2, 0.25) is 0 Å². The van der Waals surface area contributed by atoms with E-state index in [9.17, 15) is 14.4 Å². The highest BCUT2D eigenvalue weighted by Crippen LogP contribution is 2.26. The highest BCUT2D eigenvalue weighted by atomic mass is 79.9. The Labute approximate surface area is 190 Å². The second kappa shape index (κ2) is 8.46.